The van der Waals surface area contributed by atoms with E-state index in [0.717, 1.165) is 20.1 Å². The molecule has 2 aromatic carbocycles. The summed E-state index contributed by atoms with van der Waals surface area (Å²) in [6.45, 7) is 1.93. The molecule has 0 spiro atoms. The molecule has 0 fully saturated rings. The molecule has 0 aliphatic heterocycles. The average Bonchev–Trinajstić information content (AvgIpc) is 2.33. The van der Waals surface area contributed by atoms with Crippen molar-refractivity contribution in [2.75, 3.05) is 0 Å². The summed E-state index contributed by atoms with van der Waals surface area (Å²) in [4.78, 5) is 0. The van der Waals surface area contributed by atoms with Crippen molar-refractivity contribution in [2.45, 2.75) is 19.4 Å². The third kappa shape index (κ3) is 3.65. The minimum atomic E-state index is -0.711. The molecular weight excluding hydrogens is 375 g/mol. The van der Waals surface area contributed by atoms with Gasteiger partial charge in [0.1, 0.15) is 5.82 Å². The fourth-order valence-electron chi connectivity index (χ4n) is 2.03. The lowest BCUT2D eigenvalue weighted by Crippen LogP contribution is -2.05. The van der Waals surface area contributed by atoms with Crippen molar-refractivity contribution >= 4 is 31.9 Å². The highest BCUT2D eigenvalue weighted by molar-refractivity contribution is 9.10. The van der Waals surface area contributed by atoms with Crippen LogP contribution in [0, 0.1) is 12.7 Å². The summed E-state index contributed by atoms with van der Waals surface area (Å²) >= 11 is 6.70. The van der Waals surface area contributed by atoms with Crippen LogP contribution in [0.2, 0.25) is 0 Å². The number of hydrogen-bond donors (Lipinski definition) is 1. The van der Waals surface area contributed by atoms with Gasteiger partial charge in [-0.15, -0.1) is 0 Å². The fourth-order valence-corrected chi connectivity index (χ4v) is 2.92. The molecule has 0 heterocycles. The number of aliphatic hydroxyl groups is 1. The van der Waals surface area contributed by atoms with Gasteiger partial charge in [-0.25, -0.2) is 4.39 Å². The zero-order chi connectivity index (χ0) is 14.0. The first-order valence-electron chi connectivity index (χ1n) is 5.85. The summed E-state index contributed by atoms with van der Waals surface area (Å²) in [5, 5.41) is 10.3. The molecule has 0 saturated heterocycles. The van der Waals surface area contributed by atoms with Crippen LogP contribution >= 0.6 is 31.9 Å². The molecule has 4 heteroatoms. The maximum Gasteiger partial charge on any atom is 0.126 e. The Kier molecular flexibility index (Phi) is 4.76. The number of hydrogen-bond acceptors (Lipinski definition) is 1. The van der Waals surface area contributed by atoms with Crippen molar-refractivity contribution in [2.24, 2.45) is 0 Å². The molecule has 0 bridgehead atoms. The van der Waals surface area contributed by atoms with Crippen LogP contribution < -0.4 is 0 Å². The van der Waals surface area contributed by atoms with Crippen LogP contribution in [0.1, 0.15) is 22.8 Å². The number of rotatable bonds is 3. The zero-order valence-electron chi connectivity index (χ0n) is 10.3. The van der Waals surface area contributed by atoms with Gasteiger partial charge in [-0.1, -0.05) is 37.9 Å². The molecule has 2 rings (SSSR count). The molecule has 0 radical (unpaired) electrons. The molecule has 0 amide bonds. The Morgan fingerprint density at radius 3 is 2.42 bits per heavy atom. The molecule has 0 aliphatic carbocycles. The van der Waals surface area contributed by atoms with Crippen molar-refractivity contribution in [3.8, 4) is 0 Å². The van der Waals surface area contributed by atoms with Crippen LogP contribution in [0.15, 0.2) is 45.3 Å². The first-order chi connectivity index (χ1) is 8.97. The first kappa shape index (κ1) is 14.7. The van der Waals surface area contributed by atoms with Gasteiger partial charge in [-0.05, 0) is 53.9 Å². The summed E-state index contributed by atoms with van der Waals surface area (Å²) in [5.41, 5.74) is 2.31. The minimum Gasteiger partial charge on any atom is -0.388 e. The predicted octanol–water partition coefficient (Wildman–Crippen LogP) is 4.94. The van der Waals surface area contributed by atoms with Gasteiger partial charge < -0.3 is 5.11 Å². The summed E-state index contributed by atoms with van der Waals surface area (Å²) < 4.78 is 15.4. The van der Waals surface area contributed by atoms with E-state index in [0.29, 0.717) is 5.56 Å². The number of benzene rings is 2. The van der Waals surface area contributed by atoms with E-state index in [-0.39, 0.29) is 12.2 Å². The normalized spacial score (nSPS) is 12.5. The Bertz CT molecular complexity index is 599. The lowest BCUT2D eigenvalue weighted by molar-refractivity contribution is 0.176. The number of aliphatic hydroxyl groups excluding tert-OH is 1. The maximum absolute atomic E-state index is 13.7. The van der Waals surface area contributed by atoms with E-state index in [1.54, 1.807) is 12.1 Å². The van der Waals surface area contributed by atoms with E-state index >= 15 is 0 Å². The number of aryl methyl sites for hydroxylation is 1. The van der Waals surface area contributed by atoms with E-state index in [1.807, 2.05) is 25.1 Å². The first-order valence-corrected chi connectivity index (χ1v) is 7.44. The predicted molar refractivity (Wildman–Crippen MR) is 81.6 cm³/mol. The highest BCUT2D eigenvalue weighted by Gasteiger charge is 2.14. The van der Waals surface area contributed by atoms with Gasteiger partial charge in [0.15, 0.2) is 0 Å². The van der Waals surface area contributed by atoms with Gasteiger partial charge >= 0.3 is 0 Å². The summed E-state index contributed by atoms with van der Waals surface area (Å²) in [6.07, 6.45) is -0.454. The molecule has 1 nitrogen and oxygen atoms in total. The molecule has 0 aliphatic rings. The van der Waals surface area contributed by atoms with Gasteiger partial charge in [0.2, 0.25) is 0 Å². The van der Waals surface area contributed by atoms with E-state index < -0.39 is 6.10 Å². The SMILES string of the molecule is Cc1cc(Br)ccc1C(O)Cc1cc(Br)ccc1F. The summed E-state index contributed by atoms with van der Waals surface area (Å²) in [7, 11) is 0. The Labute approximate surface area is 128 Å². The van der Waals surface area contributed by atoms with Crippen molar-refractivity contribution < 1.29 is 9.50 Å². The van der Waals surface area contributed by atoms with Gasteiger partial charge in [0, 0.05) is 15.4 Å². The van der Waals surface area contributed by atoms with Crippen molar-refractivity contribution in [1.29, 1.82) is 0 Å². The zero-order valence-corrected chi connectivity index (χ0v) is 13.5. The molecule has 0 aromatic heterocycles. The van der Waals surface area contributed by atoms with E-state index in [4.69, 9.17) is 0 Å². The lowest BCUT2D eigenvalue weighted by atomic mass is 9.97. The molecule has 1 unspecified atom stereocenters. The van der Waals surface area contributed by atoms with Crippen LogP contribution in [0.5, 0.6) is 0 Å². The third-order valence-electron chi connectivity index (χ3n) is 3.01. The van der Waals surface area contributed by atoms with Crippen molar-refractivity contribution in [3.05, 3.63) is 67.9 Å². The van der Waals surface area contributed by atoms with Crippen LogP contribution in [0.4, 0.5) is 4.39 Å². The Morgan fingerprint density at radius 2 is 1.74 bits per heavy atom. The topological polar surface area (TPSA) is 20.2 Å². The van der Waals surface area contributed by atoms with E-state index in [9.17, 15) is 9.50 Å². The largest absolute Gasteiger partial charge is 0.388 e. The van der Waals surface area contributed by atoms with Crippen molar-refractivity contribution in [3.63, 3.8) is 0 Å². The minimum absolute atomic E-state index is 0.258. The smallest absolute Gasteiger partial charge is 0.126 e. The second-order valence-corrected chi connectivity index (χ2v) is 6.29. The lowest BCUT2D eigenvalue weighted by Gasteiger charge is -2.15. The second-order valence-electron chi connectivity index (χ2n) is 4.46. The molecule has 100 valence electrons. The van der Waals surface area contributed by atoms with Crippen LogP contribution in [0.25, 0.3) is 0 Å². The van der Waals surface area contributed by atoms with E-state index in [2.05, 4.69) is 31.9 Å². The van der Waals surface area contributed by atoms with Gasteiger partial charge in [0.25, 0.3) is 0 Å². The van der Waals surface area contributed by atoms with Crippen molar-refractivity contribution in [1.82, 2.24) is 0 Å². The summed E-state index contributed by atoms with van der Waals surface area (Å²) in [6, 6.07) is 10.4. The Morgan fingerprint density at radius 1 is 1.11 bits per heavy atom. The van der Waals surface area contributed by atoms with Crippen LogP contribution in [-0.4, -0.2) is 5.11 Å². The maximum atomic E-state index is 13.7. The molecular formula is C15H13Br2FO. The highest BCUT2D eigenvalue weighted by atomic mass is 79.9. The van der Waals surface area contributed by atoms with Gasteiger partial charge in [0.05, 0.1) is 6.10 Å². The summed E-state index contributed by atoms with van der Waals surface area (Å²) in [5.74, 6) is -0.294. The van der Waals surface area contributed by atoms with Crippen LogP contribution in [0.3, 0.4) is 0 Å². The Hall–Kier alpha value is -0.710. The van der Waals surface area contributed by atoms with E-state index in [1.165, 1.54) is 6.07 Å². The standard InChI is InChI=1S/C15H13Br2FO/c1-9-6-11(16)2-4-13(9)15(19)8-10-7-12(17)3-5-14(10)18/h2-7,15,19H,8H2,1H3. The molecule has 1 N–H and O–H groups in total. The van der Waals surface area contributed by atoms with Gasteiger partial charge in [-0.3, -0.25) is 0 Å². The van der Waals surface area contributed by atoms with Crippen LogP contribution in [-0.2, 0) is 6.42 Å². The average molecular weight is 388 g/mol. The third-order valence-corrected chi connectivity index (χ3v) is 4.00. The highest BCUT2D eigenvalue weighted by Crippen LogP contribution is 2.26. The second kappa shape index (κ2) is 6.16. The molecule has 2 aromatic rings. The number of halogens is 3. The van der Waals surface area contributed by atoms with Gasteiger partial charge in [-0.2, -0.15) is 0 Å². The fraction of sp³-hybridized carbons (Fsp3) is 0.200. The molecule has 1 atom stereocenters. The molecule has 0 saturated carbocycles. The Balaban J connectivity index is 2.25. The quantitative estimate of drug-likeness (QED) is 0.791. The monoisotopic (exact) mass is 386 g/mol. The molecule has 19 heavy (non-hydrogen) atoms.